The zero-order valence-electron chi connectivity index (χ0n) is 24.1. The molecule has 2 aromatic heterocycles. The summed E-state index contributed by atoms with van der Waals surface area (Å²) < 4.78 is 8.55. The van der Waals surface area contributed by atoms with Crippen molar-refractivity contribution < 1.29 is 4.74 Å². The van der Waals surface area contributed by atoms with E-state index in [0.717, 1.165) is 28.4 Å². The summed E-state index contributed by atoms with van der Waals surface area (Å²) in [5.41, 5.74) is 10.4. The zero-order chi connectivity index (χ0) is 28.7. The first-order chi connectivity index (χ1) is 19.8. The van der Waals surface area contributed by atoms with Gasteiger partial charge in [0.15, 0.2) is 5.11 Å². The molecule has 6 heteroatoms. The molecule has 5 nitrogen and oxygen atoms in total. The highest BCUT2D eigenvalue weighted by Crippen LogP contribution is 2.44. The van der Waals surface area contributed by atoms with Crippen molar-refractivity contribution in [3.63, 3.8) is 0 Å². The first-order valence-corrected chi connectivity index (χ1v) is 14.3. The first-order valence-electron chi connectivity index (χ1n) is 13.9. The van der Waals surface area contributed by atoms with E-state index in [1.807, 2.05) is 48.7 Å². The van der Waals surface area contributed by atoms with Gasteiger partial charge in [0.25, 0.3) is 0 Å². The lowest BCUT2D eigenvalue weighted by Crippen LogP contribution is -2.29. The molecule has 0 radical (unpaired) electrons. The lowest BCUT2D eigenvalue weighted by Gasteiger charge is -2.28. The van der Waals surface area contributed by atoms with Gasteiger partial charge in [0, 0.05) is 29.0 Å². The molecule has 2 atom stereocenters. The molecule has 1 saturated heterocycles. The molecule has 6 rings (SSSR count). The maximum Gasteiger partial charge on any atom is 0.174 e. The number of aromatic nitrogens is 2. The van der Waals surface area contributed by atoms with E-state index in [2.05, 4.69) is 97.9 Å². The van der Waals surface area contributed by atoms with Crippen LogP contribution in [-0.4, -0.2) is 14.7 Å². The summed E-state index contributed by atoms with van der Waals surface area (Å²) in [6, 6.07) is 30.9. The highest BCUT2D eigenvalue weighted by atomic mass is 32.1. The molecule has 0 spiro atoms. The number of nitrogens with zero attached hydrogens (tertiary/aromatic N) is 3. The Balaban J connectivity index is 1.43. The van der Waals surface area contributed by atoms with Crippen molar-refractivity contribution in [2.24, 2.45) is 0 Å². The fourth-order valence-electron chi connectivity index (χ4n) is 5.86. The molecular weight excluding hydrogens is 524 g/mol. The van der Waals surface area contributed by atoms with Gasteiger partial charge in [-0.2, -0.15) is 0 Å². The zero-order valence-corrected chi connectivity index (χ0v) is 24.9. The summed E-state index contributed by atoms with van der Waals surface area (Å²) in [5.74, 6) is 1.64. The van der Waals surface area contributed by atoms with Crippen LogP contribution in [0.3, 0.4) is 0 Å². The fraction of sp³-hybridized carbons (Fsp3) is 0.200. The Labute approximate surface area is 247 Å². The van der Waals surface area contributed by atoms with Crippen LogP contribution >= 0.6 is 12.2 Å². The van der Waals surface area contributed by atoms with E-state index >= 15 is 0 Å². The summed E-state index contributed by atoms with van der Waals surface area (Å²) in [7, 11) is 0. The predicted molar refractivity (Wildman–Crippen MR) is 170 cm³/mol. The summed E-state index contributed by atoms with van der Waals surface area (Å²) in [5, 5.41) is 4.28. The molecule has 3 heterocycles. The summed E-state index contributed by atoms with van der Waals surface area (Å²) in [4.78, 5) is 6.96. The second kappa shape index (κ2) is 10.9. The third-order valence-corrected chi connectivity index (χ3v) is 8.45. The minimum atomic E-state index is -0.112. The number of thiocarbonyl (C=S) groups is 1. The standard InChI is InChI=1S/C35H34N4OS/c1-22-12-10-14-31(25(22)4)38-24(3)21-29(26(38)5)34-33(30-13-8-9-20-36-30)37-35(41)39(34)27-16-18-28(19-17-27)40-32-15-7-6-11-23(32)2/h6-21,33-34H,1-5H3,(H,37,41)/t33-,34-/m0/s1. The van der Waals surface area contributed by atoms with E-state index in [1.165, 1.54) is 33.8 Å². The largest absolute Gasteiger partial charge is 0.457 e. The number of hydrogen-bond acceptors (Lipinski definition) is 3. The molecule has 0 bridgehead atoms. The Bertz CT molecular complexity index is 1730. The van der Waals surface area contributed by atoms with Crippen molar-refractivity contribution >= 4 is 23.0 Å². The number of benzene rings is 3. The Morgan fingerprint density at radius 1 is 0.805 bits per heavy atom. The maximum atomic E-state index is 6.18. The molecule has 0 unspecified atom stereocenters. The van der Waals surface area contributed by atoms with Crippen molar-refractivity contribution in [3.8, 4) is 17.2 Å². The quantitative estimate of drug-likeness (QED) is 0.212. The molecule has 0 aliphatic carbocycles. The van der Waals surface area contributed by atoms with Crippen LogP contribution in [0.5, 0.6) is 11.5 Å². The SMILES string of the molecule is Cc1ccccc1Oc1ccc(N2C(=S)N[C@@H](c3ccccn3)[C@@H]2c2cc(C)n(-c3cccc(C)c3C)c2C)cc1. The van der Waals surface area contributed by atoms with Crippen LogP contribution in [0.4, 0.5) is 5.69 Å². The van der Waals surface area contributed by atoms with Crippen molar-refractivity contribution in [1.82, 2.24) is 14.9 Å². The molecule has 3 aromatic carbocycles. The predicted octanol–water partition coefficient (Wildman–Crippen LogP) is 8.38. The van der Waals surface area contributed by atoms with Gasteiger partial charge in [-0.05, 0) is 124 Å². The third kappa shape index (κ3) is 4.89. The van der Waals surface area contributed by atoms with Gasteiger partial charge in [-0.1, -0.05) is 36.4 Å². The number of nitrogens with one attached hydrogen (secondary N) is 1. The number of ether oxygens (including phenoxy) is 1. The maximum absolute atomic E-state index is 6.18. The number of pyridine rings is 1. The van der Waals surface area contributed by atoms with Crippen molar-refractivity contribution in [3.05, 3.63) is 137 Å². The average molecular weight is 559 g/mol. The smallest absolute Gasteiger partial charge is 0.174 e. The van der Waals surface area contributed by atoms with Gasteiger partial charge in [0.05, 0.1) is 17.8 Å². The van der Waals surface area contributed by atoms with Gasteiger partial charge in [-0.15, -0.1) is 0 Å². The minimum Gasteiger partial charge on any atom is -0.457 e. The van der Waals surface area contributed by atoms with E-state index in [9.17, 15) is 0 Å². The second-order valence-electron chi connectivity index (χ2n) is 10.7. The van der Waals surface area contributed by atoms with E-state index in [1.54, 1.807) is 0 Å². The van der Waals surface area contributed by atoms with Crippen LogP contribution in [0.25, 0.3) is 5.69 Å². The average Bonchev–Trinajstić information content (AvgIpc) is 3.47. The van der Waals surface area contributed by atoms with E-state index in [-0.39, 0.29) is 12.1 Å². The van der Waals surface area contributed by atoms with E-state index < -0.39 is 0 Å². The first kappa shape index (κ1) is 26.8. The second-order valence-corrected chi connectivity index (χ2v) is 11.1. The minimum absolute atomic E-state index is 0.0920. The monoisotopic (exact) mass is 558 g/mol. The number of hydrogen-bond donors (Lipinski definition) is 1. The van der Waals surface area contributed by atoms with E-state index in [4.69, 9.17) is 21.9 Å². The lowest BCUT2D eigenvalue weighted by molar-refractivity contribution is 0.479. The van der Waals surface area contributed by atoms with Gasteiger partial charge < -0.3 is 19.5 Å². The molecule has 41 heavy (non-hydrogen) atoms. The number of aryl methyl sites for hydroxylation is 3. The summed E-state index contributed by atoms with van der Waals surface area (Å²) >= 11 is 5.99. The van der Waals surface area contributed by atoms with Gasteiger partial charge in [-0.3, -0.25) is 4.98 Å². The topological polar surface area (TPSA) is 42.3 Å². The molecule has 0 saturated carbocycles. The third-order valence-electron chi connectivity index (χ3n) is 8.14. The molecule has 1 fully saturated rings. The van der Waals surface area contributed by atoms with Crippen LogP contribution < -0.4 is 15.0 Å². The molecule has 1 aliphatic rings. The van der Waals surface area contributed by atoms with Crippen LogP contribution in [0.1, 0.15) is 51.4 Å². The van der Waals surface area contributed by atoms with Gasteiger partial charge >= 0.3 is 0 Å². The number of anilines is 1. The Kier molecular flexibility index (Phi) is 7.10. The van der Waals surface area contributed by atoms with Crippen LogP contribution in [0.2, 0.25) is 0 Å². The normalized spacial score (nSPS) is 16.6. The molecule has 206 valence electrons. The summed E-state index contributed by atoms with van der Waals surface area (Å²) in [6.07, 6.45) is 1.84. The molecular formula is C35H34N4OS. The molecule has 1 aliphatic heterocycles. The van der Waals surface area contributed by atoms with Crippen molar-refractivity contribution in [2.45, 2.75) is 46.7 Å². The van der Waals surface area contributed by atoms with Crippen LogP contribution in [0.15, 0.2) is 97.2 Å². The molecule has 1 N–H and O–H groups in total. The Morgan fingerprint density at radius 2 is 1.54 bits per heavy atom. The highest BCUT2D eigenvalue weighted by molar-refractivity contribution is 7.80. The molecule has 0 amide bonds. The van der Waals surface area contributed by atoms with Gasteiger partial charge in [0.1, 0.15) is 11.5 Å². The molecule has 5 aromatic rings. The Morgan fingerprint density at radius 3 is 2.27 bits per heavy atom. The number of para-hydroxylation sites is 1. The van der Waals surface area contributed by atoms with Gasteiger partial charge in [-0.25, -0.2) is 0 Å². The fourth-order valence-corrected chi connectivity index (χ4v) is 6.20. The van der Waals surface area contributed by atoms with Crippen LogP contribution in [-0.2, 0) is 0 Å². The lowest BCUT2D eigenvalue weighted by atomic mass is 9.96. The van der Waals surface area contributed by atoms with Gasteiger partial charge in [0.2, 0.25) is 0 Å². The highest BCUT2D eigenvalue weighted by Gasteiger charge is 2.42. The number of rotatable bonds is 6. The van der Waals surface area contributed by atoms with Crippen molar-refractivity contribution in [1.29, 1.82) is 0 Å². The van der Waals surface area contributed by atoms with Crippen LogP contribution in [0, 0.1) is 34.6 Å². The summed E-state index contributed by atoms with van der Waals surface area (Å²) in [6.45, 7) is 10.8. The van der Waals surface area contributed by atoms with Crippen molar-refractivity contribution in [2.75, 3.05) is 4.90 Å². The van der Waals surface area contributed by atoms with E-state index in [0.29, 0.717) is 5.11 Å². The Hall–Kier alpha value is -4.42.